The molecule has 0 saturated heterocycles. The predicted molar refractivity (Wildman–Crippen MR) is 72.0 cm³/mol. The highest BCUT2D eigenvalue weighted by Crippen LogP contribution is 2.30. The molecular weight excluding hydrogens is 230 g/mol. The Morgan fingerprint density at radius 3 is 2.94 bits per heavy atom. The van der Waals surface area contributed by atoms with Crippen LogP contribution in [0.5, 0.6) is 0 Å². The fraction of sp³-hybridized carbons (Fsp3) is 0.0769. The van der Waals surface area contributed by atoms with Gasteiger partial charge in [-0.3, -0.25) is 4.98 Å². The van der Waals surface area contributed by atoms with Crippen LogP contribution in [0.2, 0.25) is 0 Å². The van der Waals surface area contributed by atoms with Gasteiger partial charge in [-0.2, -0.15) is 0 Å². The van der Waals surface area contributed by atoms with E-state index in [2.05, 4.69) is 29.0 Å². The molecule has 3 nitrogen and oxygen atoms in total. The van der Waals surface area contributed by atoms with E-state index in [0.717, 1.165) is 21.3 Å². The number of nitrogen functional groups attached to an aromatic ring is 1. The Bertz CT molecular complexity index is 688. The van der Waals surface area contributed by atoms with Crippen LogP contribution in [-0.4, -0.2) is 9.97 Å². The van der Waals surface area contributed by atoms with Crippen molar-refractivity contribution in [2.24, 2.45) is 0 Å². The van der Waals surface area contributed by atoms with Crippen molar-refractivity contribution in [1.82, 2.24) is 9.97 Å². The predicted octanol–water partition coefficient (Wildman–Crippen LogP) is 3.25. The van der Waals surface area contributed by atoms with Gasteiger partial charge in [0.2, 0.25) is 0 Å². The topological polar surface area (TPSA) is 51.8 Å². The lowest BCUT2D eigenvalue weighted by Crippen LogP contribution is -1.84. The third-order valence-corrected chi connectivity index (χ3v) is 3.60. The summed E-state index contributed by atoms with van der Waals surface area (Å²) in [4.78, 5) is 8.42. The van der Waals surface area contributed by atoms with Crippen LogP contribution in [0.1, 0.15) is 5.56 Å². The smallest absolute Gasteiger partial charge is 0.181 e. The lowest BCUT2D eigenvalue weighted by Gasteiger charge is -2.04. The molecule has 0 bridgehead atoms. The first-order valence-electron chi connectivity index (χ1n) is 5.31. The summed E-state index contributed by atoms with van der Waals surface area (Å²) in [5, 5.41) is 0.611. The van der Waals surface area contributed by atoms with Gasteiger partial charge in [-0.1, -0.05) is 17.4 Å². The summed E-state index contributed by atoms with van der Waals surface area (Å²) < 4.78 is 1.11. The monoisotopic (exact) mass is 241 g/mol. The van der Waals surface area contributed by atoms with Crippen molar-refractivity contribution >= 4 is 26.7 Å². The number of fused-ring (bicyclic) bond motifs is 1. The van der Waals surface area contributed by atoms with Gasteiger partial charge in [0.1, 0.15) is 0 Å². The van der Waals surface area contributed by atoms with Crippen molar-refractivity contribution in [3.8, 4) is 11.1 Å². The number of thiazole rings is 1. The molecule has 3 aromatic rings. The van der Waals surface area contributed by atoms with Crippen molar-refractivity contribution in [3.05, 3.63) is 42.2 Å². The zero-order chi connectivity index (χ0) is 11.8. The summed E-state index contributed by atoms with van der Waals surface area (Å²) in [6.45, 7) is 2.09. The average molecular weight is 241 g/mol. The maximum Gasteiger partial charge on any atom is 0.181 e. The minimum absolute atomic E-state index is 0.611. The summed E-state index contributed by atoms with van der Waals surface area (Å²) in [6.07, 6.45) is 3.70. The van der Waals surface area contributed by atoms with Gasteiger partial charge in [0.15, 0.2) is 5.13 Å². The maximum absolute atomic E-state index is 5.70. The highest BCUT2D eigenvalue weighted by atomic mass is 32.1. The molecule has 84 valence electrons. The van der Waals surface area contributed by atoms with Crippen LogP contribution in [0.3, 0.4) is 0 Å². The SMILES string of the molecule is Cc1ccncc1-c1ccc2nc(N)sc2c1. The number of aromatic nitrogens is 2. The Hall–Kier alpha value is -1.94. The third kappa shape index (κ3) is 1.76. The number of nitrogens with zero attached hydrogens (tertiary/aromatic N) is 2. The van der Waals surface area contributed by atoms with Gasteiger partial charge in [0.25, 0.3) is 0 Å². The summed E-state index contributed by atoms with van der Waals surface area (Å²) in [6, 6.07) is 8.20. The highest BCUT2D eigenvalue weighted by Gasteiger charge is 2.05. The average Bonchev–Trinajstić information content (AvgIpc) is 2.68. The van der Waals surface area contributed by atoms with Crippen molar-refractivity contribution in [2.75, 3.05) is 5.73 Å². The standard InChI is InChI=1S/C13H11N3S/c1-8-4-5-15-7-10(8)9-2-3-11-12(6-9)17-13(14)16-11/h2-7H,1H3,(H2,14,16). The number of anilines is 1. The number of aryl methyl sites for hydroxylation is 1. The Labute approximate surface area is 103 Å². The maximum atomic E-state index is 5.70. The minimum Gasteiger partial charge on any atom is -0.375 e. The summed E-state index contributed by atoms with van der Waals surface area (Å²) in [7, 11) is 0. The first-order valence-corrected chi connectivity index (χ1v) is 6.13. The van der Waals surface area contributed by atoms with E-state index in [1.165, 1.54) is 16.9 Å². The molecule has 0 aliphatic carbocycles. The van der Waals surface area contributed by atoms with Gasteiger partial charge in [-0.05, 0) is 36.2 Å². The molecule has 0 radical (unpaired) electrons. The van der Waals surface area contributed by atoms with Gasteiger partial charge in [-0.25, -0.2) is 4.98 Å². The molecule has 3 rings (SSSR count). The number of hydrogen-bond acceptors (Lipinski definition) is 4. The van der Waals surface area contributed by atoms with E-state index in [9.17, 15) is 0 Å². The second-order valence-corrected chi connectivity index (χ2v) is 4.99. The third-order valence-electron chi connectivity index (χ3n) is 2.76. The van der Waals surface area contributed by atoms with E-state index < -0.39 is 0 Å². The first-order chi connectivity index (χ1) is 8.24. The summed E-state index contributed by atoms with van der Waals surface area (Å²) >= 11 is 1.51. The van der Waals surface area contributed by atoms with Crippen molar-refractivity contribution < 1.29 is 0 Å². The Morgan fingerprint density at radius 1 is 1.24 bits per heavy atom. The van der Waals surface area contributed by atoms with Crippen LogP contribution in [0, 0.1) is 6.92 Å². The molecule has 2 heterocycles. The molecule has 1 aromatic carbocycles. The van der Waals surface area contributed by atoms with Crippen LogP contribution in [-0.2, 0) is 0 Å². The number of pyridine rings is 1. The molecule has 0 spiro atoms. The molecule has 4 heteroatoms. The van der Waals surface area contributed by atoms with E-state index in [4.69, 9.17) is 5.73 Å². The molecule has 0 fully saturated rings. The van der Waals surface area contributed by atoms with Crippen molar-refractivity contribution in [1.29, 1.82) is 0 Å². The molecule has 0 aliphatic rings. The lowest BCUT2D eigenvalue weighted by molar-refractivity contribution is 1.29. The van der Waals surface area contributed by atoms with Crippen LogP contribution in [0.15, 0.2) is 36.7 Å². The van der Waals surface area contributed by atoms with E-state index in [1.54, 1.807) is 0 Å². The minimum atomic E-state index is 0.611. The van der Waals surface area contributed by atoms with Crippen LogP contribution < -0.4 is 5.73 Å². The summed E-state index contributed by atoms with van der Waals surface area (Å²) in [5.74, 6) is 0. The second-order valence-electron chi connectivity index (χ2n) is 3.93. The summed E-state index contributed by atoms with van der Waals surface area (Å²) in [5.41, 5.74) is 10.2. The van der Waals surface area contributed by atoms with Gasteiger partial charge in [0.05, 0.1) is 10.2 Å². The van der Waals surface area contributed by atoms with E-state index in [0.29, 0.717) is 5.13 Å². The number of benzene rings is 1. The molecule has 0 atom stereocenters. The lowest BCUT2D eigenvalue weighted by atomic mass is 10.0. The van der Waals surface area contributed by atoms with Gasteiger partial charge >= 0.3 is 0 Å². The largest absolute Gasteiger partial charge is 0.375 e. The van der Waals surface area contributed by atoms with Crippen LogP contribution in [0.4, 0.5) is 5.13 Å². The second kappa shape index (κ2) is 3.82. The Balaban J connectivity index is 2.21. The van der Waals surface area contributed by atoms with Gasteiger partial charge in [0, 0.05) is 18.0 Å². The first kappa shape index (κ1) is 10.2. The zero-order valence-corrected chi connectivity index (χ0v) is 10.2. The Morgan fingerprint density at radius 2 is 2.12 bits per heavy atom. The zero-order valence-electron chi connectivity index (χ0n) is 9.34. The van der Waals surface area contributed by atoms with Gasteiger partial charge < -0.3 is 5.73 Å². The number of hydrogen-bond donors (Lipinski definition) is 1. The fourth-order valence-corrected chi connectivity index (χ4v) is 2.65. The molecule has 2 aromatic heterocycles. The molecular formula is C13H11N3S. The quantitative estimate of drug-likeness (QED) is 0.711. The molecule has 0 saturated carbocycles. The number of rotatable bonds is 1. The highest BCUT2D eigenvalue weighted by molar-refractivity contribution is 7.22. The Kier molecular flexibility index (Phi) is 2.30. The van der Waals surface area contributed by atoms with E-state index in [1.807, 2.05) is 24.5 Å². The van der Waals surface area contributed by atoms with Crippen molar-refractivity contribution in [3.63, 3.8) is 0 Å². The fourth-order valence-electron chi connectivity index (χ4n) is 1.88. The molecule has 17 heavy (non-hydrogen) atoms. The van der Waals surface area contributed by atoms with Crippen LogP contribution >= 0.6 is 11.3 Å². The van der Waals surface area contributed by atoms with Crippen LogP contribution in [0.25, 0.3) is 21.3 Å². The van der Waals surface area contributed by atoms with Gasteiger partial charge in [-0.15, -0.1) is 0 Å². The molecule has 2 N–H and O–H groups in total. The molecule has 0 aliphatic heterocycles. The molecule has 0 unspecified atom stereocenters. The molecule has 0 amide bonds. The van der Waals surface area contributed by atoms with Crippen molar-refractivity contribution in [2.45, 2.75) is 6.92 Å². The van der Waals surface area contributed by atoms with E-state index in [-0.39, 0.29) is 0 Å². The normalized spacial score (nSPS) is 10.9. The van der Waals surface area contributed by atoms with E-state index >= 15 is 0 Å². The number of nitrogens with two attached hydrogens (primary N) is 1.